The summed E-state index contributed by atoms with van der Waals surface area (Å²) in [6, 6.07) is 6.28. The Kier molecular flexibility index (Phi) is 3.64. The van der Waals surface area contributed by atoms with Crippen LogP contribution < -0.4 is 5.73 Å². The van der Waals surface area contributed by atoms with Gasteiger partial charge >= 0.3 is 0 Å². The standard InChI is InChI=1S/C13H16BrN3/c1-9-3-4-10(14)7-11(9)12(8-15)13-16-5-6-17(13)2/h3-7,12H,8,15H2,1-2H3. The van der Waals surface area contributed by atoms with Gasteiger partial charge in [0, 0.05) is 30.5 Å². The summed E-state index contributed by atoms with van der Waals surface area (Å²) < 4.78 is 3.10. The summed E-state index contributed by atoms with van der Waals surface area (Å²) in [7, 11) is 2.00. The van der Waals surface area contributed by atoms with Crippen LogP contribution in [0.1, 0.15) is 22.9 Å². The Balaban J connectivity index is 2.49. The van der Waals surface area contributed by atoms with E-state index in [1.54, 1.807) is 0 Å². The Morgan fingerprint density at radius 1 is 1.47 bits per heavy atom. The molecule has 0 bridgehead atoms. The molecule has 2 aromatic rings. The van der Waals surface area contributed by atoms with E-state index in [2.05, 4.69) is 40.0 Å². The molecule has 2 rings (SSSR count). The highest BCUT2D eigenvalue weighted by molar-refractivity contribution is 9.10. The number of rotatable bonds is 3. The summed E-state index contributed by atoms with van der Waals surface area (Å²) in [5, 5.41) is 0. The minimum atomic E-state index is 0.146. The van der Waals surface area contributed by atoms with E-state index in [1.807, 2.05) is 30.1 Å². The van der Waals surface area contributed by atoms with Crippen molar-refractivity contribution >= 4 is 15.9 Å². The van der Waals surface area contributed by atoms with Crippen LogP contribution in [0.2, 0.25) is 0 Å². The maximum atomic E-state index is 5.92. The summed E-state index contributed by atoms with van der Waals surface area (Å²) in [6.45, 7) is 2.66. The van der Waals surface area contributed by atoms with Gasteiger partial charge in [-0.2, -0.15) is 0 Å². The first-order valence-corrected chi connectivity index (χ1v) is 6.36. The second-order valence-corrected chi connectivity index (χ2v) is 5.10. The van der Waals surface area contributed by atoms with Gasteiger partial charge in [0.05, 0.1) is 5.92 Å². The van der Waals surface area contributed by atoms with Crippen LogP contribution in [0.4, 0.5) is 0 Å². The molecule has 0 amide bonds. The van der Waals surface area contributed by atoms with Crippen LogP contribution in [0, 0.1) is 6.92 Å². The second-order valence-electron chi connectivity index (χ2n) is 4.19. The fourth-order valence-electron chi connectivity index (χ4n) is 2.07. The van der Waals surface area contributed by atoms with Gasteiger partial charge in [0.1, 0.15) is 5.82 Å². The normalized spacial score (nSPS) is 12.7. The highest BCUT2D eigenvalue weighted by Crippen LogP contribution is 2.27. The molecular formula is C13H16BrN3. The second kappa shape index (κ2) is 5.02. The number of imidazole rings is 1. The van der Waals surface area contributed by atoms with Gasteiger partial charge in [-0.05, 0) is 30.2 Å². The Hall–Kier alpha value is -1.13. The van der Waals surface area contributed by atoms with Crippen molar-refractivity contribution in [3.05, 3.63) is 52.0 Å². The van der Waals surface area contributed by atoms with Crippen molar-refractivity contribution in [2.24, 2.45) is 12.8 Å². The number of aryl methyl sites for hydroxylation is 2. The number of benzene rings is 1. The number of aromatic nitrogens is 2. The molecule has 4 heteroatoms. The van der Waals surface area contributed by atoms with E-state index in [9.17, 15) is 0 Å². The fraction of sp³-hybridized carbons (Fsp3) is 0.308. The number of nitrogens with two attached hydrogens (primary N) is 1. The zero-order valence-electron chi connectivity index (χ0n) is 10.0. The van der Waals surface area contributed by atoms with Gasteiger partial charge in [0.15, 0.2) is 0 Å². The molecule has 1 heterocycles. The smallest absolute Gasteiger partial charge is 0.117 e. The third-order valence-electron chi connectivity index (χ3n) is 3.02. The van der Waals surface area contributed by atoms with Crippen molar-refractivity contribution in [1.29, 1.82) is 0 Å². The molecule has 0 radical (unpaired) electrons. The maximum Gasteiger partial charge on any atom is 0.117 e. The van der Waals surface area contributed by atoms with Crippen molar-refractivity contribution in [3.63, 3.8) is 0 Å². The first-order valence-electron chi connectivity index (χ1n) is 5.57. The molecular weight excluding hydrogens is 278 g/mol. The van der Waals surface area contributed by atoms with Gasteiger partial charge in [0.25, 0.3) is 0 Å². The lowest BCUT2D eigenvalue weighted by Crippen LogP contribution is -2.18. The summed E-state index contributed by atoms with van der Waals surface area (Å²) in [5.41, 5.74) is 8.39. The largest absolute Gasteiger partial charge is 0.337 e. The predicted octanol–water partition coefficient (Wildman–Crippen LogP) is 2.58. The molecule has 0 saturated carbocycles. The van der Waals surface area contributed by atoms with E-state index in [0.29, 0.717) is 6.54 Å². The van der Waals surface area contributed by atoms with Gasteiger partial charge in [-0.25, -0.2) is 4.98 Å². The van der Waals surface area contributed by atoms with Gasteiger partial charge in [-0.1, -0.05) is 22.0 Å². The lowest BCUT2D eigenvalue weighted by molar-refractivity contribution is 0.695. The molecule has 0 aliphatic rings. The molecule has 1 aromatic heterocycles. The van der Waals surface area contributed by atoms with E-state index in [-0.39, 0.29) is 5.92 Å². The SMILES string of the molecule is Cc1ccc(Br)cc1C(CN)c1nccn1C. The third-order valence-corrected chi connectivity index (χ3v) is 3.52. The number of halogens is 1. The molecule has 17 heavy (non-hydrogen) atoms. The summed E-state index contributed by atoms with van der Waals surface area (Å²) in [6.07, 6.45) is 3.76. The fourth-order valence-corrected chi connectivity index (χ4v) is 2.45. The van der Waals surface area contributed by atoms with Gasteiger partial charge in [-0.15, -0.1) is 0 Å². The summed E-state index contributed by atoms with van der Waals surface area (Å²) >= 11 is 3.51. The van der Waals surface area contributed by atoms with Crippen LogP contribution in [0.3, 0.4) is 0 Å². The average molecular weight is 294 g/mol. The zero-order chi connectivity index (χ0) is 12.4. The molecule has 90 valence electrons. The quantitative estimate of drug-likeness (QED) is 0.945. The van der Waals surface area contributed by atoms with E-state index >= 15 is 0 Å². The van der Waals surface area contributed by atoms with Crippen LogP contribution in [-0.4, -0.2) is 16.1 Å². The first kappa shape index (κ1) is 12.3. The number of hydrogen-bond acceptors (Lipinski definition) is 2. The van der Waals surface area contributed by atoms with Crippen LogP contribution in [0.25, 0.3) is 0 Å². The molecule has 0 spiro atoms. The lowest BCUT2D eigenvalue weighted by atomic mass is 9.94. The van der Waals surface area contributed by atoms with Crippen molar-refractivity contribution in [3.8, 4) is 0 Å². The third kappa shape index (κ3) is 2.42. The number of nitrogens with zero attached hydrogens (tertiary/aromatic N) is 2. The lowest BCUT2D eigenvalue weighted by Gasteiger charge is -2.17. The number of hydrogen-bond donors (Lipinski definition) is 1. The molecule has 1 unspecified atom stereocenters. The van der Waals surface area contributed by atoms with Crippen molar-refractivity contribution < 1.29 is 0 Å². The minimum absolute atomic E-state index is 0.146. The van der Waals surface area contributed by atoms with Crippen molar-refractivity contribution in [1.82, 2.24) is 9.55 Å². The molecule has 0 saturated heterocycles. The van der Waals surface area contributed by atoms with Crippen LogP contribution in [0.5, 0.6) is 0 Å². The van der Waals surface area contributed by atoms with Crippen LogP contribution in [-0.2, 0) is 7.05 Å². The molecule has 0 fully saturated rings. The van der Waals surface area contributed by atoms with Gasteiger partial charge < -0.3 is 10.3 Å². The first-order chi connectivity index (χ1) is 8.13. The molecule has 3 nitrogen and oxygen atoms in total. The minimum Gasteiger partial charge on any atom is -0.337 e. The molecule has 1 aromatic carbocycles. The van der Waals surface area contributed by atoms with E-state index in [0.717, 1.165) is 10.3 Å². The maximum absolute atomic E-state index is 5.92. The van der Waals surface area contributed by atoms with Gasteiger partial charge in [0.2, 0.25) is 0 Å². The molecule has 0 aliphatic heterocycles. The highest BCUT2D eigenvalue weighted by atomic mass is 79.9. The predicted molar refractivity (Wildman–Crippen MR) is 73.0 cm³/mol. The Morgan fingerprint density at radius 2 is 2.24 bits per heavy atom. The Labute approximate surface area is 110 Å². The Bertz CT molecular complexity index is 519. The topological polar surface area (TPSA) is 43.8 Å². The zero-order valence-corrected chi connectivity index (χ0v) is 11.6. The van der Waals surface area contributed by atoms with Crippen molar-refractivity contribution in [2.45, 2.75) is 12.8 Å². The highest BCUT2D eigenvalue weighted by Gasteiger charge is 2.18. The summed E-state index contributed by atoms with van der Waals surface area (Å²) in [5.74, 6) is 1.15. The van der Waals surface area contributed by atoms with E-state index in [4.69, 9.17) is 5.73 Å². The van der Waals surface area contributed by atoms with Gasteiger partial charge in [-0.3, -0.25) is 0 Å². The molecule has 0 aliphatic carbocycles. The molecule has 2 N–H and O–H groups in total. The Morgan fingerprint density at radius 3 is 2.82 bits per heavy atom. The van der Waals surface area contributed by atoms with E-state index in [1.165, 1.54) is 11.1 Å². The average Bonchev–Trinajstić information content (AvgIpc) is 2.71. The van der Waals surface area contributed by atoms with Crippen LogP contribution in [0.15, 0.2) is 35.1 Å². The van der Waals surface area contributed by atoms with Crippen molar-refractivity contribution in [2.75, 3.05) is 6.54 Å². The molecule has 1 atom stereocenters. The summed E-state index contributed by atoms with van der Waals surface area (Å²) in [4.78, 5) is 4.40. The van der Waals surface area contributed by atoms with Crippen LogP contribution >= 0.6 is 15.9 Å². The monoisotopic (exact) mass is 293 g/mol. The van der Waals surface area contributed by atoms with E-state index < -0.39 is 0 Å².